The van der Waals surface area contributed by atoms with Gasteiger partial charge in [0.2, 0.25) is 0 Å². The van der Waals surface area contributed by atoms with Crippen LogP contribution in [0.5, 0.6) is 0 Å². The van der Waals surface area contributed by atoms with Gasteiger partial charge in [-0.25, -0.2) is 0 Å². The van der Waals surface area contributed by atoms with Crippen molar-refractivity contribution >= 4 is 5.97 Å². The summed E-state index contributed by atoms with van der Waals surface area (Å²) < 4.78 is 0. The summed E-state index contributed by atoms with van der Waals surface area (Å²) in [7, 11) is 0. The van der Waals surface area contributed by atoms with E-state index in [1.54, 1.807) is 0 Å². The third kappa shape index (κ3) is 4.23. The summed E-state index contributed by atoms with van der Waals surface area (Å²) in [5.41, 5.74) is 0. The van der Waals surface area contributed by atoms with Crippen LogP contribution >= 0.6 is 0 Å². The molecule has 1 rings (SSSR count). The molecule has 0 heterocycles. The van der Waals surface area contributed by atoms with Gasteiger partial charge in [0.1, 0.15) is 0 Å². The number of hydrogen-bond acceptors (Lipinski definition) is 1. The minimum Gasteiger partial charge on any atom is -0.481 e. The van der Waals surface area contributed by atoms with E-state index in [1.807, 2.05) is 0 Å². The van der Waals surface area contributed by atoms with Crippen molar-refractivity contribution in [3.05, 3.63) is 0 Å². The molecule has 1 saturated carbocycles. The van der Waals surface area contributed by atoms with Crippen LogP contribution < -0.4 is 0 Å². The summed E-state index contributed by atoms with van der Waals surface area (Å²) >= 11 is 0. The van der Waals surface area contributed by atoms with Crippen LogP contribution in [0.1, 0.15) is 58.8 Å². The molecule has 1 unspecified atom stereocenters. The lowest BCUT2D eigenvalue weighted by molar-refractivity contribution is -0.144. The Morgan fingerprint density at radius 1 is 1.20 bits per heavy atom. The minimum absolute atomic E-state index is 0.0944. The van der Waals surface area contributed by atoms with Crippen molar-refractivity contribution < 1.29 is 9.90 Å². The quantitative estimate of drug-likeness (QED) is 0.721. The van der Waals surface area contributed by atoms with Crippen LogP contribution in [-0.4, -0.2) is 11.1 Å². The third-order valence-corrected chi connectivity index (χ3v) is 3.51. The van der Waals surface area contributed by atoms with Gasteiger partial charge in [-0.1, -0.05) is 39.5 Å². The molecule has 1 aliphatic carbocycles. The highest BCUT2D eigenvalue weighted by molar-refractivity contribution is 5.70. The molecule has 2 nitrogen and oxygen atoms in total. The van der Waals surface area contributed by atoms with E-state index >= 15 is 0 Å². The van der Waals surface area contributed by atoms with Gasteiger partial charge in [-0.2, -0.15) is 0 Å². The van der Waals surface area contributed by atoms with E-state index in [2.05, 4.69) is 13.8 Å². The summed E-state index contributed by atoms with van der Waals surface area (Å²) in [6, 6.07) is 0. The van der Waals surface area contributed by atoms with Crippen molar-refractivity contribution in [3.8, 4) is 0 Å². The summed E-state index contributed by atoms with van der Waals surface area (Å²) in [4.78, 5) is 11.2. The smallest absolute Gasteiger partial charge is 0.306 e. The zero-order valence-corrected chi connectivity index (χ0v) is 10.0. The summed E-state index contributed by atoms with van der Waals surface area (Å²) in [5.74, 6) is 0.264. The van der Waals surface area contributed by atoms with Gasteiger partial charge in [0.05, 0.1) is 5.92 Å². The molecular formula is C13H24O2. The molecule has 0 aromatic carbocycles. The first-order valence-electron chi connectivity index (χ1n) is 6.34. The van der Waals surface area contributed by atoms with E-state index in [1.165, 1.54) is 25.7 Å². The fourth-order valence-electron chi connectivity index (χ4n) is 2.72. The van der Waals surface area contributed by atoms with Crippen molar-refractivity contribution in [2.75, 3.05) is 0 Å². The second-order valence-corrected chi connectivity index (χ2v) is 5.33. The Kier molecular flexibility index (Phi) is 5.13. The third-order valence-electron chi connectivity index (χ3n) is 3.51. The highest BCUT2D eigenvalue weighted by atomic mass is 16.4. The Morgan fingerprint density at radius 2 is 1.73 bits per heavy atom. The van der Waals surface area contributed by atoms with E-state index in [-0.39, 0.29) is 5.92 Å². The van der Waals surface area contributed by atoms with Crippen molar-refractivity contribution in [2.45, 2.75) is 58.8 Å². The lowest BCUT2D eigenvalue weighted by Gasteiger charge is -2.23. The van der Waals surface area contributed by atoms with Gasteiger partial charge >= 0.3 is 5.97 Å². The highest BCUT2D eigenvalue weighted by Crippen LogP contribution is 2.32. The SMILES string of the molecule is CC(C)CC(C(=O)O)C1CCCCCC1. The molecule has 0 radical (unpaired) electrons. The zero-order chi connectivity index (χ0) is 11.3. The molecule has 1 atom stereocenters. The average molecular weight is 212 g/mol. The molecule has 0 aliphatic heterocycles. The van der Waals surface area contributed by atoms with Crippen LogP contribution in [0.2, 0.25) is 0 Å². The molecule has 1 N–H and O–H groups in total. The molecule has 88 valence electrons. The first kappa shape index (κ1) is 12.5. The van der Waals surface area contributed by atoms with Gasteiger partial charge in [0.25, 0.3) is 0 Å². The summed E-state index contributed by atoms with van der Waals surface area (Å²) in [6.07, 6.45) is 8.15. The van der Waals surface area contributed by atoms with Crippen LogP contribution in [0.3, 0.4) is 0 Å². The van der Waals surface area contributed by atoms with Crippen molar-refractivity contribution in [3.63, 3.8) is 0 Å². The van der Waals surface area contributed by atoms with Crippen LogP contribution in [0.25, 0.3) is 0 Å². The average Bonchev–Trinajstić information content (AvgIpc) is 2.41. The van der Waals surface area contributed by atoms with E-state index in [0.717, 1.165) is 19.3 Å². The second-order valence-electron chi connectivity index (χ2n) is 5.33. The van der Waals surface area contributed by atoms with Crippen molar-refractivity contribution in [2.24, 2.45) is 17.8 Å². The van der Waals surface area contributed by atoms with Crippen molar-refractivity contribution in [1.29, 1.82) is 0 Å². The lowest BCUT2D eigenvalue weighted by atomic mass is 9.81. The summed E-state index contributed by atoms with van der Waals surface area (Å²) in [5, 5.41) is 9.27. The number of carboxylic acids is 1. The fourth-order valence-corrected chi connectivity index (χ4v) is 2.72. The molecule has 0 aromatic rings. The Hall–Kier alpha value is -0.530. The van der Waals surface area contributed by atoms with E-state index in [4.69, 9.17) is 0 Å². The first-order valence-corrected chi connectivity index (χ1v) is 6.34. The first-order chi connectivity index (χ1) is 7.11. The Morgan fingerprint density at radius 3 is 2.13 bits per heavy atom. The Balaban J connectivity index is 2.56. The van der Waals surface area contributed by atoms with Crippen LogP contribution in [0.4, 0.5) is 0 Å². The van der Waals surface area contributed by atoms with Gasteiger partial charge in [0, 0.05) is 0 Å². The molecule has 0 bridgehead atoms. The molecule has 0 saturated heterocycles. The van der Waals surface area contributed by atoms with E-state index in [9.17, 15) is 9.90 Å². The number of aliphatic carboxylic acids is 1. The molecule has 1 aliphatic rings. The van der Waals surface area contributed by atoms with E-state index in [0.29, 0.717) is 11.8 Å². The predicted octanol–water partition coefficient (Wildman–Crippen LogP) is 3.70. The highest BCUT2D eigenvalue weighted by Gasteiger charge is 2.28. The molecule has 2 heteroatoms. The predicted molar refractivity (Wildman–Crippen MR) is 61.8 cm³/mol. The minimum atomic E-state index is -0.574. The largest absolute Gasteiger partial charge is 0.481 e. The molecule has 0 aromatic heterocycles. The molecule has 15 heavy (non-hydrogen) atoms. The molecule has 1 fully saturated rings. The van der Waals surface area contributed by atoms with Gasteiger partial charge in [-0.05, 0) is 31.1 Å². The maximum atomic E-state index is 11.2. The van der Waals surface area contributed by atoms with Gasteiger partial charge < -0.3 is 5.11 Å². The van der Waals surface area contributed by atoms with Gasteiger partial charge in [-0.3, -0.25) is 4.79 Å². The Bertz CT molecular complexity index is 191. The monoisotopic (exact) mass is 212 g/mol. The van der Waals surface area contributed by atoms with Crippen LogP contribution in [0.15, 0.2) is 0 Å². The molecular weight excluding hydrogens is 188 g/mol. The molecule has 0 spiro atoms. The maximum absolute atomic E-state index is 11.2. The van der Waals surface area contributed by atoms with Crippen LogP contribution in [-0.2, 0) is 4.79 Å². The fraction of sp³-hybridized carbons (Fsp3) is 0.923. The Labute approximate surface area is 93.1 Å². The van der Waals surface area contributed by atoms with E-state index < -0.39 is 5.97 Å². The lowest BCUT2D eigenvalue weighted by Crippen LogP contribution is -2.25. The number of carboxylic acid groups (broad SMARTS) is 1. The maximum Gasteiger partial charge on any atom is 0.306 e. The molecule has 0 amide bonds. The van der Waals surface area contributed by atoms with Crippen LogP contribution in [0, 0.1) is 17.8 Å². The van der Waals surface area contributed by atoms with Gasteiger partial charge in [-0.15, -0.1) is 0 Å². The number of carbonyl (C=O) groups is 1. The zero-order valence-electron chi connectivity index (χ0n) is 10.0. The summed E-state index contributed by atoms with van der Waals surface area (Å²) in [6.45, 7) is 4.24. The normalized spacial score (nSPS) is 21.3. The number of rotatable bonds is 4. The van der Waals surface area contributed by atoms with Gasteiger partial charge in [0.15, 0.2) is 0 Å². The standard InChI is InChI=1S/C13H24O2/c1-10(2)9-12(13(14)15)11-7-5-3-4-6-8-11/h10-12H,3-9H2,1-2H3,(H,14,15). The topological polar surface area (TPSA) is 37.3 Å². The number of hydrogen-bond donors (Lipinski definition) is 1. The van der Waals surface area contributed by atoms with Crippen molar-refractivity contribution in [1.82, 2.24) is 0 Å². The second kappa shape index (κ2) is 6.14.